The number of carbonyl (C=O) groups is 1. The van der Waals surface area contributed by atoms with Gasteiger partial charge in [0.05, 0.1) is 0 Å². The Balaban J connectivity index is 2.66. The van der Waals surface area contributed by atoms with E-state index in [1.165, 1.54) is 0 Å². The van der Waals surface area contributed by atoms with Crippen LogP contribution in [0.4, 0.5) is 0 Å². The van der Waals surface area contributed by atoms with E-state index < -0.39 is 0 Å². The normalized spacial score (nSPS) is 21.4. The highest BCUT2D eigenvalue weighted by Gasteiger charge is 2.37. The molecule has 1 rings (SSSR count). The average molecular weight is 241 g/mol. The largest absolute Gasteiger partial charge is 0.409 e. The van der Waals surface area contributed by atoms with Crippen LogP contribution >= 0.6 is 0 Å². The topological polar surface area (TPSA) is 78.9 Å². The number of hydrogen-bond acceptors (Lipinski definition) is 3. The van der Waals surface area contributed by atoms with Crippen LogP contribution in [0, 0.1) is 10.8 Å². The van der Waals surface area contributed by atoms with Crippen LogP contribution in [-0.2, 0) is 4.79 Å². The summed E-state index contributed by atoms with van der Waals surface area (Å²) in [4.78, 5) is 14.0. The summed E-state index contributed by atoms with van der Waals surface area (Å²) in [6.07, 6.45) is 1.48. The molecule has 0 saturated carbocycles. The Bertz CT molecular complexity index is 323. The standard InChI is InChI=1S/C12H23N3O2/c1-11(2,3)10(16)15-7-5-12(4,6-8-15)9(13)14-17/h17H,5-8H2,1-4H3,(H2,13,14). The van der Waals surface area contributed by atoms with E-state index in [4.69, 9.17) is 10.9 Å². The molecule has 1 aliphatic heterocycles. The van der Waals surface area contributed by atoms with Crippen LogP contribution in [0.2, 0.25) is 0 Å². The monoisotopic (exact) mass is 241 g/mol. The smallest absolute Gasteiger partial charge is 0.227 e. The average Bonchev–Trinajstić information content (AvgIpc) is 2.27. The third-order valence-electron chi connectivity index (χ3n) is 3.52. The highest BCUT2D eigenvalue weighted by molar-refractivity contribution is 5.86. The van der Waals surface area contributed by atoms with Gasteiger partial charge >= 0.3 is 0 Å². The van der Waals surface area contributed by atoms with Crippen molar-refractivity contribution in [2.24, 2.45) is 21.7 Å². The second kappa shape index (κ2) is 4.55. The Morgan fingerprint density at radius 1 is 1.35 bits per heavy atom. The minimum absolute atomic E-state index is 0.166. The summed E-state index contributed by atoms with van der Waals surface area (Å²) >= 11 is 0. The van der Waals surface area contributed by atoms with E-state index in [0.717, 1.165) is 12.8 Å². The molecule has 0 aromatic rings. The van der Waals surface area contributed by atoms with E-state index in [1.54, 1.807) is 0 Å². The lowest BCUT2D eigenvalue weighted by Gasteiger charge is -2.40. The van der Waals surface area contributed by atoms with Crippen molar-refractivity contribution in [2.45, 2.75) is 40.5 Å². The van der Waals surface area contributed by atoms with Crippen LogP contribution < -0.4 is 5.73 Å². The maximum absolute atomic E-state index is 12.1. The molecule has 3 N–H and O–H groups in total. The van der Waals surface area contributed by atoms with E-state index in [1.807, 2.05) is 32.6 Å². The first kappa shape index (κ1) is 13.8. The first-order valence-corrected chi connectivity index (χ1v) is 5.98. The van der Waals surface area contributed by atoms with Crippen LogP contribution in [0.5, 0.6) is 0 Å². The van der Waals surface area contributed by atoms with Crippen LogP contribution in [-0.4, -0.2) is 34.9 Å². The lowest BCUT2D eigenvalue weighted by atomic mass is 9.78. The number of likely N-dealkylation sites (tertiary alicyclic amines) is 1. The number of piperidine rings is 1. The van der Waals surface area contributed by atoms with Crippen molar-refractivity contribution in [3.05, 3.63) is 0 Å². The molecule has 1 saturated heterocycles. The lowest BCUT2D eigenvalue weighted by molar-refractivity contribution is -0.141. The number of amides is 1. The fourth-order valence-electron chi connectivity index (χ4n) is 2.05. The van der Waals surface area contributed by atoms with Crippen molar-refractivity contribution >= 4 is 11.7 Å². The van der Waals surface area contributed by atoms with Gasteiger partial charge in [-0.25, -0.2) is 0 Å². The fourth-order valence-corrected chi connectivity index (χ4v) is 2.05. The third kappa shape index (κ3) is 2.90. The first-order chi connectivity index (χ1) is 7.70. The summed E-state index contributed by atoms with van der Waals surface area (Å²) in [5.74, 6) is 0.430. The molecule has 1 heterocycles. The molecule has 1 fully saturated rings. The van der Waals surface area contributed by atoms with Gasteiger partial charge in [0.25, 0.3) is 0 Å². The van der Waals surface area contributed by atoms with E-state index >= 15 is 0 Å². The number of oxime groups is 1. The van der Waals surface area contributed by atoms with Gasteiger partial charge in [-0.1, -0.05) is 32.9 Å². The molecule has 0 bridgehead atoms. The molecular formula is C12H23N3O2. The molecule has 98 valence electrons. The number of rotatable bonds is 1. The zero-order valence-corrected chi connectivity index (χ0v) is 11.2. The molecule has 5 nitrogen and oxygen atoms in total. The number of nitrogens with two attached hydrogens (primary N) is 1. The number of carbonyl (C=O) groups excluding carboxylic acids is 1. The van der Waals surface area contributed by atoms with Gasteiger partial charge in [0.1, 0.15) is 5.84 Å². The highest BCUT2D eigenvalue weighted by Crippen LogP contribution is 2.32. The summed E-state index contributed by atoms with van der Waals surface area (Å²) in [6.45, 7) is 9.08. The Labute approximate surface area is 103 Å². The van der Waals surface area contributed by atoms with E-state index in [-0.39, 0.29) is 22.6 Å². The van der Waals surface area contributed by atoms with E-state index in [2.05, 4.69) is 5.16 Å². The minimum atomic E-state index is -0.343. The Kier molecular flexibility index (Phi) is 3.69. The van der Waals surface area contributed by atoms with Crippen molar-refractivity contribution in [3.8, 4) is 0 Å². The minimum Gasteiger partial charge on any atom is -0.409 e. The molecule has 0 radical (unpaired) electrons. The second-order valence-electron chi connectivity index (χ2n) is 6.09. The number of hydrogen-bond donors (Lipinski definition) is 2. The SMILES string of the molecule is CC(C)(C)C(=O)N1CCC(C)(C(N)=NO)CC1. The van der Waals surface area contributed by atoms with Crippen molar-refractivity contribution in [2.75, 3.05) is 13.1 Å². The fraction of sp³-hybridized carbons (Fsp3) is 0.833. The van der Waals surface area contributed by atoms with Crippen molar-refractivity contribution in [3.63, 3.8) is 0 Å². The maximum Gasteiger partial charge on any atom is 0.227 e. The third-order valence-corrected chi connectivity index (χ3v) is 3.52. The van der Waals surface area contributed by atoms with Gasteiger partial charge in [0.2, 0.25) is 5.91 Å². The Morgan fingerprint density at radius 2 is 1.82 bits per heavy atom. The molecule has 0 aromatic carbocycles. The predicted octanol–water partition coefficient (Wildman–Crippen LogP) is 1.41. The maximum atomic E-state index is 12.1. The summed E-state index contributed by atoms with van der Waals surface area (Å²) in [5, 5.41) is 11.8. The quantitative estimate of drug-likeness (QED) is 0.315. The molecule has 5 heteroatoms. The van der Waals surface area contributed by atoms with Gasteiger partial charge in [-0.3, -0.25) is 4.79 Å². The molecule has 0 aromatic heterocycles. The summed E-state index contributed by atoms with van der Waals surface area (Å²) in [5.41, 5.74) is 5.05. The van der Waals surface area contributed by atoms with Gasteiger partial charge in [0, 0.05) is 23.9 Å². The zero-order valence-electron chi connectivity index (χ0n) is 11.2. The number of nitrogens with zero attached hydrogens (tertiary/aromatic N) is 2. The van der Waals surface area contributed by atoms with Crippen molar-refractivity contribution in [1.29, 1.82) is 0 Å². The first-order valence-electron chi connectivity index (χ1n) is 5.98. The molecule has 1 amide bonds. The van der Waals surface area contributed by atoms with Gasteiger partial charge in [-0.2, -0.15) is 0 Å². The second-order valence-corrected chi connectivity index (χ2v) is 6.09. The van der Waals surface area contributed by atoms with Gasteiger partial charge in [-0.05, 0) is 12.8 Å². The molecular weight excluding hydrogens is 218 g/mol. The predicted molar refractivity (Wildman–Crippen MR) is 66.8 cm³/mol. The van der Waals surface area contributed by atoms with Crippen LogP contribution in [0.3, 0.4) is 0 Å². The van der Waals surface area contributed by atoms with Gasteiger partial charge < -0.3 is 15.8 Å². The summed E-state index contributed by atoms with van der Waals surface area (Å²) in [7, 11) is 0. The van der Waals surface area contributed by atoms with E-state index in [9.17, 15) is 4.79 Å². The highest BCUT2D eigenvalue weighted by atomic mass is 16.4. The molecule has 0 spiro atoms. The molecule has 0 unspecified atom stereocenters. The summed E-state index contributed by atoms with van der Waals surface area (Å²) < 4.78 is 0. The Hall–Kier alpha value is -1.26. The Morgan fingerprint density at radius 3 is 2.18 bits per heavy atom. The van der Waals surface area contributed by atoms with E-state index in [0.29, 0.717) is 13.1 Å². The molecule has 0 atom stereocenters. The van der Waals surface area contributed by atoms with Gasteiger partial charge in [0.15, 0.2) is 0 Å². The lowest BCUT2D eigenvalue weighted by Crippen LogP contribution is -2.50. The van der Waals surface area contributed by atoms with Crippen LogP contribution in [0.1, 0.15) is 40.5 Å². The van der Waals surface area contributed by atoms with Gasteiger partial charge in [-0.15, -0.1) is 0 Å². The van der Waals surface area contributed by atoms with Crippen LogP contribution in [0.25, 0.3) is 0 Å². The summed E-state index contributed by atoms with van der Waals surface area (Å²) in [6, 6.07) is 0. The number of amidine groups is 1. The van der Waals surface area contributed by atoms with Crippen LogP contribution in [0.15, 0.2) is 5.16 Å². The van der Waals surface area contributed by atoms with Crippen molar-refractivity contribution in [1.82, 2.24) is 4.90 Å². The zero-order chi connectivity index (χ0) is 13.3. The van der Waals surface area contributed by atoms with Crippen molar-refractivity contribution < 1.29 is 10.0 Å². The molecule has 1 aliphatic rings. The molecule has 17 heavy (non-hydrogen) atoms. The molecule has 0 aliphatic carbocycles.